The smallest absolute Gasteiger partial charge is 0.260 e. The molecule has 1 aliphatic rings. The van der Waals surface area contributed by atoms with Crippen molar-refractivity contribution < 1.29 is 9.53 Å². The number of rotatable bonds is 3. The van der Waals surface area contributed by atoms with Crippen molar-refractivity contribution in [1.29, 1.82) is 0 Å². The van der Waals surface area contributed by atoms with Gasteiger partial charge in [-0.25, -0.2) is 0 Å². The fraction of sp³-hybridized carbons (Fsp3) is 0.462. The van der Waals surface area contributed by atoms with Crippen LogP contribution in [0.4, 0.5) is 0 Å². The highest BCUT2D eigenvalue weighted by molar-refractivity contribution is 6.32. The number of carbonyl (C=O) groups excluding carboxylic acids is 1. The molecule has 0 spiro atoms. The summed E-state index contributed by atoms with van der Waals surface area (Å²) in [4.78, 5) is 13.9. The topological polar surface area (TPSA) is 41.6 Å². The maximum absolute atomic E-state index is 12.0. The van der Waals surface area contributed by atoms with E-state index in [9.17, 15) is 4.79 Å². The lowest BCUT2D eigenvalue weighted by molar-refractivity contribution is -0.136. The third-order valence-corrected chi connectivity index (χ3v) is 3.32. The van der Waals surface area contributed by atoms with Crippen LogP contribution in [0.3, 0.4) is 0 Å². The molecule has 0 aliphatic carbocycles. The lowest BCUT2D eigenvalue weighted by Gasteiger charge is -2.33. The molecule has 0 radical (unpaired) electrons. The van der Waals surface area contributed by atoms with Gasteiger partial charge < -0.3 is 15.0 Å². The molecule has 1 aromatic carbocycles. The number of piperazine rings is 1. The van der Waals surface area contributed by atoms with E-state index in [1.807, 2.05) is 24.0 Å². The minimum Gasteiger partial charge on any atom is -0.482 e. The Labute approximate surface area is 124 Å². The highest BCUT2D eigenvalue weighted by Crippen LogP contribution is 2.23. The lowest BCUT2D eigenvalue weighted by Crippen LogP contribution is -2.53. The first-order chi connectivity index (χ1) is 8.68. The molecule has 0 bridgehead atoms. The molecule has 2 rings (SSSR count). The zero-order chi connectivity index (χ0) is 13.0. The van der Waals surface area contributed by atoms with E-state index in [1.54, 1.807) is 12.1 Å². The van der Waals surface area contributed by atoms with Gasteiger partial charge in [0.05, 0.1) is 5.02 Å². The number of nitrogens with one attached hydrogen (secondary N) is 1. The van der Waals surface area contributed by atoms with E-state index in [4.69, 9.17) is 16.3 Å². The highest BCUT2D eigenvalue weighted by Gasteiger charge is 2.23. The zero-order valence-electron chi connectivity index (χ0n) is 10.8. The molecule has 1 N–H and O–H groups in total. The first kappa shape index (κ1) is 16.1. The van der Waals surface area contributed by atoms with Crippen LogP contribution in [0.5, 0.6) is 5.75 Å². The predicted molar refractivity (Wildman–Crippen MR) is 78.2 cm³/mol. The van der Waals surface area contributed by atoms with Crippen molar-refractivity contribution in [3.8, 4) is 5.75 Å². The van der Waals surface area contributed by atoms with Crippen LogP contribution in [0.25, 0.3) is 0 Å². The van der Waals surface area contributed by atoms with E-state index < -0.39 is 0 Å². The Bertz CT molecular complexity index is 429. The summed E-state index contributed by atoms with van der Waals surface area (Å²) in [5, 5.41) is 3.77. The summed E-state index contributed by atoms with van der Waals surface area (Å²) in [6.45, 7) is 4.46. The Hall–Kier alpha value is -0.970. The summed E-state index contributed by atoms with van der Waals surface area (Å²) < 4.78 is 5.46. The molecule has 106 valence electrons. The lowest BCUT2D eigenvalue weighted by atomic mass is 10.2. The molecule has 1 amide bonds. The Balaban J connectivity index is 0.00000180. The minimum atomic E-state index is 0. The summed E-state index contributed by atoms with van der Waals surface area (Å²) in [7, 11) is 0. The SMILES string of the molecule is CC1CNCCN1C(=O)COc1ccccc1Cl.Cl. The number of carbonyl (C=O) groups is 1. The first-order valence-electron chi connectivity index (χ1n) is 6.06. The summed E-state index contributed by atoms with van der Waals surface area (Å²) in [6.07, 6.45) is 0. The summed E-state index contributed by atoms with van der Waals surface area (Å²) in [5.74, 6) is 0.555. The van der Waals surface area contributed by atoms with E-state index in [0.29, 0.717) is 10.8 Å². The molecule has 1 aromatic rings. The van der Waals surface area contributed by atoms with Gasteiger partial charge in [0.25, 0.3) is 5.91 Å². The number of halogens is 2. The standard InChI is InChI=1S/C13H17ClN2O2.ClH/c1-10-8-15-6-7-16(10)13(17)9-18-12-5-3-2-4-11(12)14;/h2-5,10,15H,6-9H2,1H3;1H. The van der Waals surface area contributed by atoms with Gasteiger partial charge in [0.2, 0.25) is 0 Å². The molecule has 1 heterocycles. The number of nitrogens with zero attached hydrogens (tertiary/aromatic N) is 1. The molecule has 1 fully saturated rings. The summed E-state index contributed by atoms with van der Waals surface area (Å²) >= 11 is 5.96. The average Bonchev–Trinajstić information content (AvgIpc) is 2.38. The Morgan fingerprint density at radius 2 is 2.26 bits per heavy atom. The van der Waals surface area contributed by atoms with Gasteiger partial charge in [-0.3, -0.25) is 4.79 Å². The molecular formula is C13H18Cl2N2O2. The second-order valence-electron chi connectivity index (χ2n) is 4.36. The second kappa shape index (κ2) is 7.58. The van der Waals surface area contributed by atoms with Crippen LogP contribution >= 0.6 is 24.0 Å². The predicted octanol–water partition coefficient (Wildman–Crippen LogP) is 1.96. The van der Waals surface area contributed by atoms with Gasteiger partial charge in [-0.2, -0.15) is 0 Å². The fourth-order valence-corrected chi connectivity index (χ4v) is 2.19. The maximum Gasteiger partial charge on any atom is 0.260 e. The van der Waals surface area contributed by atoms with Crippen LogP contribution in [0.1, 0.15) is 6.92 Å². The van der Waals surface area contributed by atoms with E-state index in [2.05, 4.69) is 5.32 Å². The van der Waals surface area contributed by atoms with Crippen LogP contribution in [0, 0.1) is 0 Å². The van der Waals surface area contributed by atoms with E-state index in [1.165, 1.54) is 0 Å². The van der Waals surface area contributed by atoms with Crippen LogP contribution < -0.4 is 10.1 Å². The molecule has 4 nitrogen and oxygen atoms in total. The van der Waals surface area contributed by atoms with Crippen molar-refractivity contribution in [3.63, 3.8) is 0 Å². The quantitative estimate of drug-likeness (QED) is 0.928. The van der Waals surface area contributed by atoms with Gasteiger partial charge in [0.1, 0.15) is 5.75 Å². The van der Waals surface area contributed by atoms with Gasteiger partial charge >= 0.3 is 0 Å². The Morgan fingerprint density at radius 1 is 1.53 bits per heavy atom. The fourth-order valence-electron chi connectivity index (χ4n) is 2.00. The van der Waals surface area contributed by atoms with Crippen molar-refractivity contribution >= 4 is 29.9 Å². The molecule has 1 aliphatic heterocycles. The van der Waals surface area contributed by atoms with Gasteiger partial charge in [-0.05, 0) is 19.1 Å². The number of amides is 1. The third-order valence-electron chi connectivity index (χ3n) is 3.01. The minimum absolute atomic E-state index is 0. The van der Waals surface area contributed by atoms with Crippen LogP contribution in [-0.4, -0.2) is 43.1 Å². The summed E-state index contributed by atoms with van der Waals surface area (Å²) in [5.41, 5.74) is 0. The van der Waals surface area contributed by atoms with Crippen molar-refractivity contribution in [1.82, 2.24) is 10.2 Å². The first-order valence-corrected chi connectivity index (χ1v) is 6.44. The average molecular weight is 305 g/mol. The third kappa shape index (κ3) is 4.27. The van der Waals surface area contributed by atoms with E-state index >= 15 is 0 Å². The Kier molecular flexibility index (Phi) is 6.42. The number of hydrogen-bond donors (Lipinski definition) is 1. The molecule has 6 heteroatoms. The number of benzene rings is 1. The van der Waals surface area contributed by atoms with Crippen molar-refractivity contribution in [2.24, 2.45) is 0 Å². The van der Waals surface area contributed by atoms with Crippen LogP contribution in [0.15, 0.2) is 24.3 Å². The zero-order valence-corrected chi connectivity index (χ0v) is 12.3. The van der Waals surface area contributed by atoms with Crippen molar-refractivity contribution in [2.75, 3.05) is 26.2 Å². The molecular weight excluding hydrogens is 287 g/mol. The van der Waals surface area contributed by atoms with E-state index in [0.717, 1.165) is 19.6 Å². The normalized spacial score (nSPS) is 18.6. The number of ether oxygens (including phenoxy) is 1. The van der Waals surface area contributed by atoms with Gasteiger partial charge in [0.15, 0.2) is 6.61 Å². The van der Waals surface area contributed by atoms with Crippen molar-refractivity contribution in [2.45, 2.75) is 13.0 Å². The maximum atomic E-state index is 12.0. The van der Waals surface area contributed by atoms with E-state index in [-0.39, 0.29) is 31.0 Å². The number of hydrogen-bond acceptors (Lipinski definition) is 3. The monoisotopic (exact) mass is 304 g/mol. The van der Waals surface area contributed by atoms with Gasteiger partial charge in [-0.15, -0.1) is 12.4 Å². The molecule has 1 unspecified atom stereocenters. The number of para-hydroxylation sites is 1. The molecule has 19 heavy (non-hydrogen) atoms. The molecule has 0 saturated carbocycles. The highest BCUT2D eigenvalue weighted by atomic mass is 35.5. The van der Waals surface area contributed by atoms with Gasteiger partial charge in [0, 0.05) is 25.7 Å². The second-order valence-corrected chi connectivity index (χ2v) is 4.77. The largest absolute Gasteiger partial charge is 0.482 e. The molecule has 1 saturated heterocycles. The summed E-state index contributed by atoms with van der Waals surface area (Å²) in [6, 6.07) is 7.38. The molecule has 0 aromatic heterocycles. The van der Waals surface area contributed by atoms with Gasteiger partial charge in [-0.1, -0.05) is 23.7 Å². The Morgan fingerprint density at radius 3 is 2.95 bits per heavy atom. The van der Waals surface area contributed by atoms with Crippen molar-refractivity contribution in [3.05, 3.63) is 29.3 Å². The van der Waals surface area contributed by atoms with Crippen LogP contribution in [0.2, 0.25) is 5.02 Å². The molecule has 1 atom stereocenters. The van der Waals surface area contributed by atoms with Crippen LogP contribution in [-0.2, 0) is 4.79 Å².